The summed E-state index contributed by atoms with van der Waals surface area (Å²) in [6.07, 6.45) is 1.70. The Labute approximate surface area is 171 Å². The molecule has 1 unspecified atom stereocenters. The van der Waals surface area contributed by atoms with Gasteiger partial charge in [0.2, 0.25) is 5.91 Å². The monoisotopic (exact) mass is 387 g/mol. The van der Waals surface area contributed by atoms with Gasteiger partial charge >= 0.3 is 0 Å². The third-order valence-electron chi connectivity index (χ3n) is 4.88. The summed E-state index contributed by atoms with van der Waals surface area (Å²) in [7, 11) is 0. The number of anilines is 1. The highest BCUT2D eigenvalue weighted by Crippen LogP contribution is 2.21. The van der Waals surface area contributed by atoms with Crippen LogP contribution in [0.5, 0.6) is 0 Å². The predicted molar refractivity (Wildman–Crippen MR) is 113 cm³/mol. The van der Waals surface area contributed by atoms with Gasteiger partial charge in [0.25, 0.3) is 0 Å². The van der Waals surface area contributed by atoms with E-state index in [0.29, 0.717) is 42.9 Å². The van der Waals surface area contributed by atoms with Gasteiger partial charge in [-0.2, -0.15) is 10.4 Å². The van der Waals surface area contributed by atoms with Gasteiger partial charge in [0.1, 0.15) is 17.5 Å². The lowest BCUT2D eigenvalue weighted by atomic mass is 9.97. The second-order valence-electron chi connectivity index (χ2n) is 7.04. The zero-order chi connectivity index (χ0) is 20.6. The van der Waals surface area contributed by atoms with E-state index in [2.05, 4.69) is 16.5 Å². The Balaban J connectivity index is 1.53. The van der Waals surface area contributed by atoms with Crippen molar-refractivity contribution < 1.29 is 4.79 Å². The molecule has 148 valence electrons. The molecule has 2 aromatic carbocycles. The highest BCUT2D eigenvalue weighted by Gasteiger charge is 2.16. The van der Waals surface area contributed by atoms with Crippen LogP contribution in [0.2, 0.25) is 0 Å². The van der Waals surface area contributed by atoms with Crippen molar-refractivity contribution in [2.75, 3.05) is 12.3 Å². The number of nitrogens with zero attached hydrogens (tertiary/aromatic N) is 3. The number of nitrogens with two attached hydrogens (primary N) is 1. The van der Waals surface area contributed by atoms with Crippen molar-refractivity contribution in [2.24, 2.45) is 0 Å². The fourth-order valence-corrected chi connectivity index (χ4v) is 3.27. The number of hydrogen-bond acceptors (Lipinski definition) is 4. The van der Waals surface area contributed by atoms with Gasteiger partial charge in [0.05, 0.1) is 11.4 Å². The molecule has 0 saturated carbocycles. The molecule has 0 aliphatic rings. The molecule has 1 heterocycles. The van der Waals surface area contributed by atoms with Crippen molar-refractivity contribution in [2.45, 2.75) is 32.1 Å². The molecule has 0 spiro atoms. The van der Waals surface area contributed by atoms with Gasteiger partial charge in [-0.1, -0.05) is 55.5 Å². The SMILES string of the molecule is CC(CC(=O)NCCCc1nn(-c2ccccc2)c(N)c1C#N)c1ccccc1. The molecule has 29 heavy (non-hydrogen) atoms. The van der Waals surface area contributed by atoms with Gasteiger partial charge in [-0.15, -0.1) is 0 Å². The standard InChI is InChI=1S/C23H25N5O/c1-17(18-9-4-2-5-10-18)15-22(29)26-14-8-13-21-20(16-24)23(25)28(27-21)19-11-6-3-7-12-19/h2-7,9-12,17H,8,13-15,25H2,1H3,(H,26,29). The number of aromatic nitrogens is 2. The molecule has 1 aromatic heterocycles. The number of nitrogen functional groups attached to an aromatic ring is 1. The van der Waals surface area contributed by atoms with Crippen molar-refractivity contribution in [3.05, 3.63) is 77.5 Å². The Morgan fingerprint density at radius 1 is 1.17 bits per heavy atom. The number of para-hydroxylation sites is 1. The lowest BCUT2D eigenvalue weighted by Gasteiger charge is -2.11. The highest BCUT2D eigenvalue weighted by molar-refractivity contribution is 5.76. The fraction of sp³-hybridized carbons (Fsp3) is 0.261. The van der Waals surface area contributed by atoms with Crippen LogP contribution >= 0.6 is 0 Å². The molecule has 1 amide bonds. The summed E-state index contributed by atoms with van der Waals surface area (Å²) in [5.41, 5.74) is 9.14. The van der Waals surface area contributed by atoms with Crippen LogP contribution < -0.4 is 11.1 Å². The van der Waals surface area contributed by atoms with E-state index < -0.39 is 0 Å². The summed E-state index contributed by atoms with van der Waals surface area (Å²) in [6, 6.07) is 21.7. The maximum atomic E-state index is 12.2. The number of carbonyl (C=O) groups is 1. The van der Waals surface area contributed by atoms with E-state index in [1.165, 1.54) is 0 Å². The van der Waals surface area contributed by atoms with Crippen LogP contribution in [0, 0.1) is 11.3 Å². The second-order valence-corrected chi connectivity index (χ2v) is 7.04. The lowest BCUT2D eigenvalue weighted by Crippen LogP contribution is -2.26. The number of nitriles is 1. The molecule has 3 N–H and O–H groups in total. The first-order chi connectivity index (χ1) is 14.1. The maximum absolute atomic E-state index is 12.2. The molecule has 3 aromatic rings. The molecule has 0 saturated heterocycles. The minimum absolute atomic E-state index is 0.0242. The Bertz CT molecular complexity index is 989. The van der Waals surface area contributed by atoms with Gasteiger partial charge < -0.3 is 11.1 Å². The predicted octanol–water partition coefficient (Wildman–Crippen LogP) is 3.57. The topological polar surface area (TPSA) is 96.7 Å². The summed E-state index contributed by atoms with van der Waals surface area (Å²) in [5, 5.41) is 16.9. The van der Waals surface area contributed by atoms with Crippen molar-refractivity contribution >= 4 is 11.7 Å². The van der Waals surface area contributed by atoms with Gasteiger partial charge in [-0.25, -0.2) is 4.68 Å². The van der Waals surface area contributed by atoms with E-state index in [-0.39, 0.29) is 11.8 Å². The number of carbonyl (C=O) groups excluding carboxylic acids is 1. The van der Waals surface area contributed by atoms with Crippen LogP contribution in [0.3, 0.4) is 0 Å². The number of hydrogen-bond donors (Lipinski definition) is 2. The quantitative estimate of drug-likeness (QED) is 0.578. The first-order valence-electron chi connectivity index (χ1n) is 9.74. The molecule has 0 radical (unpaired) electrons. The molecule has 1 atom stereocenters. The first-order valence-corrected chi connectivity index (χ1v) is 9.74. The summed E-state index contributed by atoms with van der Waals surface area (Å²) in [6.45, 7) is 2.58. The molecule has 0 aliphatic heterocycles. The van der Waals surface area contributed by atoms with Crippen LogP contribution in [0.25, 0.3) is 5.69 Å². The Morgan fingerprint density at radius 3 is 2.48 bits per heavy atom. The van der Waals surface area contributed by atoms with E-state index in [1.54, 1.807) is 4.68 Å². The second kappa shape index (κ2) is 9.56. The fourth-order valence-electron chi connectivity index (χ4n) is 3.27. The van der Waals surface area contributed by atoms with Crippen molar-refractivity contribution in [3.8, 4) is 11.8 Å². The van der Waals surface area contributed by atoms with Gasteiger partial charge in [0.15, 0.2) is 0 Å². The third kappa shape index (κ3) is 5.02. The number of amides is 1. The zero-order valence-electron chi connectivity index (χ0n) is 16.5. The van der Waals surface area contributed by atoms with Crippen molar-refractivity contribution in [1.82, 2.24) is 15.1 Å². The van der Waals surface area contributed by atoms with Crippen molar-refractivity contribution in [1.29, 1.82) is 5.26 Å². The lowest BCUT2D eigenvalue weighted by molar-refractivity contribution is -0.121. The number of aryl methyl sites for hydroxylation is 1. The van der Waals surface area contributed by atoms with E-state index in [9.17, 15) is 10.1 Å². The molecule has 6 heteroatoms. The first kappa shape index (κ1) is 20.2. The minimum atomic E-state index is 0.0242. The third-order valence-corrected chi connectivity index (χ3v) is 4.88. The Hall–Kier alpha value is -3.59. The average molecular weight is 387 g/mol. The maximum Gasteiger partial charge on any atom is 0.220 e. The van der Waals surface area contributed by atoms with Crippen LogP contribution in [-0.4, -0.2) is 22.2 Å². The largest absolute Gasteiger partial charge is 0.382 e. The van der Waals surface area contributed by atoms with E-state index in [4.69, 9.17) is 5.73 Å². The summed E-state index contributed by atoms with van der Waals surface area (Å²) in [5.74, 6) is 0.536. The van der Waals surface area contributed by atoms with Gasteiger partial charge in [-0.05, 0) is 36.5 Å². The Morgan fingerprint density at radius 2 is 1.83 bits per heavy atom. The smallest absolute Gasteiger partial charge is 0.220 e. The van der Waals surface area contributed by atoms with Crippen molar-refractivity contribution in [3.63, 3.8) is 0 Å². The van der Waals surface area contributed by atoms with Gasteiger partial charge in [-0.3, -0.25) is 4.79 Å². The summed E-state index contributed by atoms with van der Waals surface area (Å²) < 4.78 is 1.59. The molecule has 6 nitrogen and oxygen atoms in total. The minimum Gasteiger partial charge on any atom is -0.382 e. The number of benzene rings is 2. The number of rotatable bonds is 8. The van der Waals surface area contributed by atoms with Crippen LogP contribution in [0.1, 0.15) is 42.5 Å². The molecular weight excluding hydrogens is 362 g/mol. The molecule has 0 fully saturated rings. The molecule has 0 aliphatic carbocycles. The molecular formula is C23H25N5O. The van der Waals surface area contributed by atoms with Crippen LogP contribution in [0.4, 0.5) is 5.82 Å². The van der Waals surface area contributed by atoms with E-state index >= 15 is 0 Å². The van der Waals surface area contributed by atoms with Gasteiger partial charge in [0, 0.05) is 13.0 Å². The van der Waals surface area contributed by atoms with E-state index in [1.807, 2.05) is 67.6 Å². The molecule has 0 bridgehead atoms. The summed E-state index contributed by atoms with van der Waals surface area (Å²) >= 11 is 0. The highest BCUT2D eigenvalue weighted by atomic mass is 16.1. The average Bonchev–Trinajstić information content (AvgIpc) is 3.07. The molecule has 3 rings (SSSR count). The Kier molecular flexibility index (Phi) is 6.64. The van der Waals surface area contributed by atoms with Crippen LogP contribution in [0.15, 0.2) is 60.7 Å². The number of nitrogens with one attached hydrogen (secondary N) is 1. The van der Waals surface area contributed by atoms with Crippen LogP contribution in [-0.2, 0) is 11.2 Å². The zero-order valence-corrected chi connectivity index (χ0v) is 16.5. The normalized spacial score (nSPS) is 11.6. The summed E-state index contributed by atoms with van der Waals surface area (Å²) in [4.78, 5) is 12.2. The van der Waals surface area contributed by atoms with E-state index in [0.717, 1.165) is 11.3 Å².